The van der Waals surface area contributed by atoms with E-state index in [-0.39, 0.29) is 12.1 Å². The Labute approximate surface area is 110 Å². The number of benzene rings is 1. The molecule has 0 amide bonds. The summed E-state index contributed by atoms with van der Waals surface area (Å²) in [5.74, 6) is -0.573. The molecule has 0 bridgehead atoms. The molecule has 0 aliphatic carbocycles. The van der Waals surface area contributed by atoms with E-state index in [1.54, 1.807) is 19.1 Å². The number of halogens is 1. The van der Waals surface area contributed by atoms with Crippen LogP contribution in [0.2, 0.25) is 0 Å². The van der Waals surface area contributed by atoms with Crippen LogP contribution >= 0.6 is 15.9 Å². The number of hydrogen-bond donors (Lipinski definition) is 0. The summed E-state index contributed by atoms with van der Waals surface area (Å²) in [5.41, 5.74) is 0.504. The maximum Gasteiger partial charge on any atom is 0.340 e. The van der Waals surface area contributed by atoms with Crippen molar-refractivity contribution in [2.45, 2.75) is 6.92 Å². The Balaban J connectivity index is 3.32. The molecule has 1 unspecified atom stereocenters. The molecule has 0 radical (unpaired) electrons. The summed E-state index contributed by atoms with van der Waals surface area (Å²) in [7, 11) is 1.25. The monoisotopic (exact) mass is 320 g/mol. The number of hydrogen-bond acceptors (Lipinski definition) is 4. The highest BCUT2D eigenvalue weighted by Crippen LogP contribution is 2.26. The third-order valence-corrected chi connectivity index (χ3v) is 3.41. The fourth-order valence-electron chi connectivity index (χ4n) is 1.35. The second-order valence-electron chi connectivity index (χ2n) is 3.06. The highest BCUT2D eigenvalue weighted by atomic mass is 79.9. The van der Waals surface area contributed by atoms with Gasteiger partial charge in [0, 0.05) is 22.3 Å². The predicted molar refractivity (Wildman–Crippen MR) is 67.4 cm³/mol. The molecule has 5 nitrogen and oxygen atoms in total. The summed E-state index contributed by atoms with van der Waals surface area (Å²) >= 11 is 0.797. The van der Waals surface area contributed by atoms with Crippen LogP contribution in [0.4, 0.5) is 5.69 Å². The van der Waals surface area contributed by atoms with Gasteiger partial charge in [-0.05, 0) is 25.1 Å². The van der Waals surface area contributed by atoms with Crippen molar-refractivity contribution in [2.75, 3.05) is 18.0 Å². The van der Waals surface area contributed by atoms with Crippen molar-refractivity contribution in [1.82, 2.24) is 0 Å². The van der Waals surface area contributed by atoms with Crippen LogP contribution in [0.25, 0.3) is 0 Å². The fraction of sp³-hybridized carbons (Fsp3) is 0.300. The third-order valence-electron chi connectivity index (χ3n) is 2.10. The van der Waals surface area contributed by atoms with E-state index in [1.807, 2.05) is 0 Å². The van der Waals surface area contributed by atoms with Crippen LogP contribution in [0.1, 0.15) is 17.3 Å². The lowest BCUT2D eigenvalue weighted by molar-refractivity contribution is 0.0601. The molecule has 0 aliphatic rings. The number of esters is 1. The number of nitrogens with zero attached hydrogens (tertiary/aromatic N) is 1. The van der Waals surface area contributed by atoms with Crippen LogP contribution in [-0.4, -0.2) is 28.4 Å². The number of carbonyl (C=O) groups excluding carboxylic acids is 1. The number of carbonyl (C=O) groups is 1. The van der Waals surface area contributed by atoms with Gasteiger partial charge < -0.3 is 13.6 Å². The van der Waals surface area contributed by atoms with Crippen LogP contribution in [0.3, 0.4) is 0 Å². The van der Waals surface area contributed by atoms with Crippen LogP contribution in [0.15, 0.2) is 22.7 Å². The second kappa shape index (κ2) is 6.13. The zero-order chi connectivity index (χ0) is 13.0. The molecule has 7 heteroatoms. The van der Waals surface area contributed by atoms with E-state index in [4.69, 9.17) is 0 Å². The molecule has 1 atom stereocenters. The quantitative estimate of drug-likeness (QED) is 0.627. The molecule has 0 heterocycles. The van der Waals surface area contributed by atoms with Gasteiger partial charge in [-0.15, -0.1) is 0 Å². The summed E-state index contributed by atoms with van der Waals surface area (Å²) in [6.45, 7) is 1.91. The summed E-state index contributed by atoms with van der Waals surface area (Å²) < 4.78 is 28.5. The second-order valence-corrected chi connectivity index (χ2v) is 4.86. The van der Waals surface area contributed by atoms with Gasteiger partial charge in [-0.3, -0.25) is 4.21 Å². The van der Waals surface area contributed by atoms with Crippen molar-refractivity contribution in [3.8, 4) is 0 Å². The minimum Gasteiger partial charge on any atom is -0.755 e. The van der Waals surface area contributed by atoms with E-state index in [1.165, 1.54) is 13.2 Å². The van der Waals surface area contributed by atoms with Gasteiger partial charge in [0.2, 0.25) is 0 Å². The summed E-state index contributed by atoms with van der Waals surface area (Å²) in [5, 5.41) is 0. The summed E-state index contributed by atoms with van der Waals surface area (Å²) in [6, 6.07) is 4.73. The molecule has 0 aliphatic heterocycles. The smallest absolute Gasteiger partial charge is 0.340 e. The summed E-state index contributed by atoms with van der Waals surface area (Å²) in [6.07, 6.45) is 0. The number of ether oxygens (including phenoxy) is 1. The van der Waals surface area contributed by atoms with Crippen molar-refractivity contribution < 1.29 is 18.3 Å². The predicted octanol–water partition coefficient (Wildman–Crippen LogP) is 1.86. The van der Waals surface area contributed by atoms with Crippen molar-refractivity contribution in [1.29, 1.82) is 0 Å². The SMILES string of the molecule is CCN(c1cc(Br)ccc1C(=O)OC)S(=O)[O-]. The van der Waals surface area contributed by atoms with Gasteiger partial charge in [0.1, 0.15) is 0 Å². The van der Waals surface area contributed by atoms with Crippen molar-refractivity contribution in [3.05, 3.63) is 28.2 Å². The standard InChI is InChI=1S/C10H12BrNO4S/c1-3-12(17(14)15)9-6-7(11)4-5-8(9)10(13)16-2/h4-6H,3H2,1-2H3,(H,14,15)/p-1. The van der Waals surface area contributed by atoms with Crippen LogP contribution in [-0.2, 0) is 16.0 Å². The normalized spacial score (nSPS) is 12.0. The number of rotatable bonds is 4. The van der Waals surface area contributed by atoms with Crippen LogP contribution < -0.4 is 4.31 Å². The molecule has 0 saturated carbocycles. The van der Waals surface area contributed by atoms with E-state index in [2.05, 4.69) is 20.7 Å². The minimum absolute atomic E-state index is 0.210. The van der Waals surface area contributed by atoms with Gasteiger partial charge in [0.25, 0.3) is 0 Å². The van der Waals surface area contributed by atoms with E-state index in [0.717, 1.165) is 4.31 Å². The van der Waals surface area contributed by atoms with Crippen molar-refractivity contribution in [2.24, 2.45) is 0 Å². The molecular weight excluding hydrogens is 310 g/mol. The Morgan fingerprint density at radius 2 is 2.24 bits per heavy atom. The topological polar surface area (TPSA) is 69.7 Å². The highest BCUT2D eigenvalue weighted by Gasteiger charge is 2.17. The molecule has 0 saturated heterocycles. The maximum absolute atomic E-state index is 11.5. The Morgan fingerprint density at radius 1 is 1.59 bits per heavy atom. The fourth-order valence-corrected chi connectivity index (χ4v) is 2.22. The molecule has 94 valence electrons. The first-order valence-corrected chi connectivity index (χ1v) is 6.58. The average molecular weight is 321 g/mol. The molecular formula is C10H11BrNO4S-. The molecule has 0 N–H and O–H groups in total. The van der Waals surface area contributed by atoms with E-state index in [0.29, 0.717) is 10.2 Å². The van der Waals surface area contributed by atoms with Gasteiger partial charge in [-0.25, -0.2) is 4.79 Å². The van der Waals surface area contributed by atoms with Crippen LogP contribution in [0, 0.1) is 0 Å². The minimum atomic E-state index is -2.44. The van der Waals surface area contributed by atoms with Gasteiger partial charge in [-0.1, -0.05) is 15.9 Å². The van der Waals surface area contributed by atoms with Crippen molar-refractivity contribution >= 4 is 38.9 Å². The molecule has 0 fully saturated rings. The average Bonchev–Trinajstić information content (AvgIpc) is 2.29. The zero-order valence-corrected chi connectivity index (χ0v) is 11.7. The van der Waals surface area contributed by atoms with E-state index in [9.17, 15) is 13.6 Å². The lowest BCUT2D eigenvalue weighted by Crippen LogP contribution is -2.27. The van der Waals surface area contributed by atoms with Gasteiger partial charge >= 0.3 is 5.97 Å². The zero-order valence-electron chi connectivity index (χ0n) is 9.31. The molecule has 0 spiro atoms. The van der Waals surface area contributed by atoms with E-state index >= 15 is 0 Å². The lowest BCUT2D eigenvalue weighted by atomic mass is 10.2. The first kappa shape index (κ1) is 14.1. The summed E-state index contributed by atoms with van der Waals surface area (Å²) in [4.78, 5) is 11.5. The van der Waals surface area contributed by atoms with Gasteiger partial charge in [0.15, 0.2) is 0 Å². The van der Waals surface area contributed by atoms with Gasteiger partial charge in [-0.2, -0.15) is 0 Å². The van der Waals surface area contributed by atoms with Crippen LogP contribution in [0.5, 0.6) is 0 Å². The Bertz CT molecular complexity index is 452. The molecule has 1 aromatic rings. The number of methoxy groups -OCH3 is 1. The molecule has 1 aromatic carbocycles. The number of anilines is 1. The van der Waals surface area contributed by atoms with Gasteiger partial charge in [0.05, 0.1) is 18.4 Å². The first-order valence-electron chi connectivity index (χ1n) is 4.76. The largest absolute Gasteiger partial charge is 0.755 e. The maximum atomic E-state index is 11.5. The Kier molecular flexibility index (Phi) is 5.10. The van der Waals surface area contributed by atoms with Crippen molar-refractivity contribution in [3.63, 3.8) is 0 Å². The molecule has 0 aromatic heterocycles. The third kappa shape index (κ3) is 3.27. The molecule has 1 rings (SSSR count). The Morgan fingerprint density at radius 3 is 2.71 bits per heavy atom. The highest BCUT2D eigenvalue weighted by molar-refractivity contribution is 9.10. The molecule has 17 heavy (non-hydrogen) atoms. The lowest BCUT2D eigenvalue weighted by Gasteiger charge is -2.26. The Hall–Kier alpha value is -0.920. The van der Waals surface area contributed by atoms with E-state index < -0.39 is 17.2 Å². The first-order chi connectivity index (χ1) is 8.01.